The van der Waals surface area contributed by atoms with Crippen LogP contribution in [0.5, 0.6) is 0 Å². The Morgan fingerprint density at radius 1 is 1.30 bits per heavy atom. The zero-order valence-electron chi connectivity index (χ0n) is 12.0. The molecule has 1 aromatic rings. The van der Waals surface area contributed by atoms with Crippen molar-refractivity contribution in [2.24, 2.45) is 0 Å². The smallest absolute Gasteiger partial charge is 0.260 e. The van der Waals surface area contributed by atoms with Gasteiger partial charge in [0.1, 0.15) is 0 Å². The molecule has 2 rings (SSSR count). The van der Waals surface area contributed by atoms with Gasteiger partial charge in [-0.25, -0.2) is 0 Å². The van der Waals surface area contributed by atoms with Crippen LogP contribution in [0.4, 0.5) is 0 Å². The van der Waals surface area contributed by atoms with Crippen LogP contribution in [0.15, 0.2) is 18.2 Å². The van der Waals surface area contributed by atoms with Crippen LogP contribution in [-0.2, 0) is 11.2 Å². The molecule has 0 aliphatic carbocycles. The molecular formula is C16H20BrNO2. The van der Waals surface area contributed by atoms with E-state index in [1.165, 1.54) is 24.2 Å². The summed E-state index contributed by atoms with van der Waals surface area (Å²) in [5.74, 6) is -0.319. The number of fused-ring (bicyclic) bond motifs is 1. The quantitative estimate of drug-likeness (QED) is 0.464. The average Bonchev–Trinajstić information content (AvgIpc) is 2.45. The van der Waals surface area contributed by atoms with Crippen LogP contribution in [0.1, 0.15) is 58.9 Å². The summed E-state index contributed by atoms with van der Waals surface area (Å²) in [5, 5.41) is 0. The molecule has 1 unspecified atom stereocenters. The third-order valence-corrected chi connectivity index (χ3v) is 4.79. The van der Waals surface area contributed by atoms with Crippen molar-refractivity contribution in [3.05, 3.63) is 34.9 Å². The van der Waals surface area contributed by atoms with Crippen molar-refractivity contribution in [1.82, 2.24) is 4.90 Å². The van der Waals surface area contributed by atoms with Crippen molar-refractivity contribution in [2.45, 2.75) is 43.9 Å². The molecule has 0 saturated heterocycles. The fourth-order valence-electron chi connectivity index (χ4n) is 2.46. The fourth-order valence-corrected chi connectivity index (χ4v) is 3.07. The number of hydrogen-bond donors (Lipinski definition) is 0. The van der Waals surface area contributed by atoms with E-state index >= 15 is 0 Å². The highest BCUT2D eigenvalue weighted by Crippen LogP contribution is 2.31. The Labute approximate surface area is 128 Å². The number of imide groups is 1. The number of benzene rings is 1. The van der Waals surface area contributed by atoms with E-state index in [9.17, 15) is 9.59 Å². The van der Waals surface area contributed by atoms with Crippen molar-refractivity contribution < 1.29 is 9.59 Å². The molecule has 0 aromatic heterocycles. The zero-order valence-corrected chi connectivity index (χ0v) is 13.6. The minimum absolute atomic E-state index is 0.131. The molecule has 1 atom stereocenters. The maximum Gasteiger partial charge on any atom is 0.260 e. The van der Waals surface area contributed by atoms with Crippen LogP contribution < -0.4 is 0 Å². The van der Waals surface area contributed by atoms with E-state index in [2.05, 4.69) is 22.9 Å². The second kappa shape index (κ2) is 6.53. The first-order chi connectivity index (χ1) is 9.54. The zero-order chi connectivity index (χ0) is 14.7. The lowest BCUT2D eigenvalue weighted by molar-refractivity contribution is -0.127. The molecule has 1 aromatic carbocycles. The van der Waals surface area contributed by atoms with Crippen LogP contribution in [0.2, 0.25) is 0 Å². The van der Waals surface area contributed by atoms with E-state index < -0.39 is 0 Å². The van der Waals surface area contributed by atoms with Gasteiger partial charge in [0.25, 0.3) is 5.91 Å². The highest BCUT2D eigenvalue weighted by Gasteiger charge is 2.28. The molecular weight excluding hydrogens is 318 g/mol. The van der Waals surface area contributed by atoms with E-state index in [0.29, 0.717) is 12.0 Å². The normalized spacial score (nSPS) is 16.2. The summed E-state index contributed by atoms with van der Waals surface area (Å²) >= 11 is 3.70. The van der Waals surface area contributed by atoms with Crippen molar-refractivity contribution in [3.8, 4) is 0 Å². The number of halogens is 1. The highest BCUT2D eigenvalue weighted by atomic mass is 79.9. The van der Waals surface area contributed by atoms with E-state index in [1.807, 2.05) is 18.2 Å². The van der Waals surface area contributed by atoms with Gasteiger partial charge in [0, 0.05) is 17.4 Å². The third-order valence-electron chi connectivity index (χ3n) is 3.81. The van der Waals surface area contributed by atoms with Crippen molar-refractivity contribution in [3.63, 3.8) is 0 Å². The molecule has 1 heterocycles. The van der Waals surface area contributed by atoms with E-state index in [0.717, 1.165) is 17.5 Å². The maximum atomic E-state index is 12.2. The number of unbranched alkanes of at least 4 members (excludes halogenated alkanes) is 2. The molecule has 0 saturated carbocycles. The highest BCUT2D eigenvalue weighted by molar-refractivity contribution is 9.09. The van der Waals surface area contributed by atoms with Crippen molar-refractivity contribution in [2.75, 3.05) is 7.05 Å². The molecule has 4 heteroatoms. The number of amides is 2. The van der Waals surface area contributed by atoms with Crippen LogP contribution in [0, 0.1) is 0 Å². The Hall–Kier alpha value is -1.16. The van der Waals surface area contributed by atoms with Crippen LogP contribution in [0.3, 0.4) is 0 Å². The number of carbonyl (C=O) groups is 2. The molecule has 1 aliphatic heterocycles. The molecule has 0 bridgehead atoms. The summed E-state index contributed by atoms with van der Waals surface area (Å²) < 4.78 is 0. The minimum Gasteiger partial charge on any atom is -0.281 e. The summed E-state index contributed by atoms with van der Waals surface area (Å²) in [7, 11) is 1.55. The number of hydrogen-bond acceptors (Lipinski definition) is 2. The van der Waals surface area contributed by atoms with E-state index in [-0.39, 0.29) is 16.6 Å². The Bertz CT molecular complexity index is 527. The molecule has 0 N–H and O–H groups in total. The predicted octanol–water partition coefficient (Wildman–Crippen LogP) is 3.86. The number of carbonyl (C=O) groups excluding carboxylic acids is 2. The Kier molecular flexibility index (Phi) is 4.97. The Balaban J connectivity index is 2.19. The lowest BCUT2D eigenvalue weighted by Gasteiger charge is -2.24. The van der Waals surface area contributed by atoms with Gasteiger partial charge in [-0.2, -0.15) is 0 Å². The molecule has 1 aliphatic rings. The predicted molar refractivity (Wildman–Crippen MR) is 83.1 cm³/mol. The summed E-state index contributed by atoms with van der Waals surface area (Å²) in [5.41, 5.74) is 2.63. The van der Waals surface area contributed by atoms with Gasteiger partial charge in [0.05, 0.1) is 6.42 Å². The van der Waals surface area contributed by atoms with Gasteiger partial charge in [0.2, 0.25) is 5.91 Å². The lowest BCUT2D eigenvalue weighted by atomic mass is 9.94. The molecule has 2 amide bonds. The number of rotatable bonds is 5. The molecule has 108 valence electrons. The van der Waals surface area contributed by atoms with Crippen LogP contribution in [-0.4, -0.2) is 23.8 Å². The number of nitrogens with zero attached hydrogens (tertiary/aromatic N) is 1. The molecule has 3 nitrogen and oxygen atoms in total. The molecule has 0 radical (unpaired) electrons. The van der Waals surface area contributed by atoms with Gasteiger partial charge in [-0.1, -0.05) is 54.2 Å². The average molecular weight is 338 g/mol. The van der Waals surface area contributed by atoms with E-state index in [4.69, 9.17) is 0 Å². The van der Waals surface area contributed by atoms with Gasteiger partial charge < -0.3 is 0 Å². The van der Waals surface area contributed by atoms with Crippen LogP contribution in [0.25, 0.3) is 0 Å². The number of likely N-dealkylation sites (N-methyl/N-ethyl adjacent to an activating group) is 1. The fraction of sp³-hybridized carbons (Fsp3) is 0.500. The Morgan fingerprint density at radius 2 is 2.05 bits per heavy atom. The number of alkyl halides is 1. The summed E-state index contributed by atoms with van der Waals surface area (Å²) in [4.78, 5) is 25.3. The Morgan fingerprint density at radius 3 is 2.75 bits per heavy atom. The second-order valence-corrected chi connectivity index (χ2v) is 6.42. The topological polar surface area (TPSA) is 37.4 Å². The standard InChI is InChI=1S/C16H20BrNO2/c1-3-4-5-6-14(17)12-8-7-11-10-15(19)18(2)16(20)13(11)9-12/h7-9,14H,3-6,10H2,1-2H3. The maximum absolute atomic E-state index is 12.2. The van der Waals surface area contributed by atoms with Gasteiger partial charge in [-0.05, 0) is 23.6 Å². The molecule has 20 heavy (non-hydrogen) atoms. The SMILES string of the molecule is CCCCCC(Br)c1ccc2c(c1)C(=O)N(C)C(=O)C2. The second-order valence-electron chi connectivity index (χ2n) is 5.31. The first-order valence-electron chi connectivity index (χ1n) is 7.12. The van der Waals surface area contributed by atoms with Crippen molar-refractivity contribution >= 4 is 27.7 Å². The van der Waals surface area contributed by atoms with Crippen LogP contribution >= 0.6 is 15.9 Å². The molecule has 0 spiro atoms. The lowest BCUT2D eigenvalue weighted by Crippen LogP contribution is -2.39. The summed E-state index contributed by atoms with van der Waals surface area (Å²) in [6.45, 7) is 2.19. The minimum atomic E-state index is -0.189. The van der Waals surface area contributed by atoms with Gasteiger partial charge in [0.15, 0.2) is 0 Å². The monoisotopic (exact) mass is 337 g/mol. The van der Waals surface area contributed by atoms with Gasteiger partial charge >= 0.3 is 0 Å². The molecule has 0 fully saturated rings. The largest absolute Gasteiger partial charge is 0.281 e. The summed E-state index contributed by atoms with van der Waals surface area (Å²) in [6, 6.07) is 5.88. The van der Waals surface area contributed by atoms with E-state index in [1.54, 1.807) is 7.05 Å². The first kappa shape index (κ1) is 15.2. The van der Waals surface area contributed by atoms with Gasteiger partial charge in [-0.15, -0.1) is 0 Å². The summed E-state index contributed by atoms with van der Waals surface area (Å²) in [6.07, 6.45) is 4.99. The van der Waals surface area contributed by atoms with Gasteiger partial charge in [-0.3, -0.25) is 14.5 Å². The first-order valence-corrected chi connectivity index (χ1v) is 8.04. The van der Waals surface area contributed by atoms with Crippen molar-refractivity contribution in [1.29, 1.82) is 0 Å². The third kappa shape index (κ3) is 3.11.